The van der Waals surface area contributed by atoms with Crippen LogP contribution in [0.1, 0.15) is 38.5 Å². The second kappa shape index (κ2) is 5.48. The second-order valence-corrected chi connectivity index (χ2v) is 7.64. The molecule has 0 saturated heterocycles. The second-order valence-electron chi connectivity index (χ2n) is 5.36. The van der Waals surface area contributed by atoms with E-state index in [1.165, 1.54) is 4.90 Å². The van der Waals surface area contributed by atoms with Gasteiger partial charge in [0.05, 0.1) is 5.25 Å². The molecule has 0 unspecified atom stereocenters. The van der Waals surface area contributed by atoms with Crippen LogP contribution in [0, 0.1) is 0 Å². The van der Waals surface area contributed by atoms with Crippen molar-refractivity contribution in [2.24, 2.45) is 0 Å². The number of nitrogens with zero attached hydrogens (tertiary/aromatic N) is 1. The normalized spacial score (nSPS) is 20.4. The zero-order chi connectivity index (χ0) is 14.0. The van der Waals surface area contributed by atoms with E-state index in [0.29, 0.717) is 12.8 Å². The molecule has 0 aliphatic heterocycles. The molecule has 0 radical (unpaired) electrons. The minimum Gasteiger partial charge on any atom is -0.480 e. The van der Waals surface area contributed by atoms with Gasteiger partial charge in [-0.15, -0.1) is 0 Å². The molecular weight excluding hydrogens is 270 g/mol. The number of hydrogen-bond donors (Lipinski definition) is 1. The standard InChI is InChI=1S/C12H19NO5S/c14-11(13(7-12(15)16)9-5-6-9)8-19(17,18)10-3-1-2-4-10/h9-10H,1-8H2,(H,15,16). The van der Waals surface area contributed by atoms with Gasteiger partial charge in [0, 0.05) is 6.04 Å². The van der Waals surface area contributed by atoms with E-state index < -0.39 is 39.3 Å². The number of carboxylic acids is 1. The summed E-state index contributed by atoms with van der Waals surface area (Å²) in [5.41, 5.74) is 0. The molecule has 0 aromatic heterocycles. The lowest BCUT2D eigenvalue weighted by atomic mass is 10.4. The SMILES string of the molecule is O=C(O)CN(C(=O)CS(=O)(=O)C1CCCC1)C1CC1. The number of sulfone groups is 1. The summed E-state index contributed by atoms with van der Waals surface area (Å²) >= 11 is 0. The molecule has 1 amide bonds. The molecule has 2 rings (SSSR count). The molecule has 0 heterocycles. The fourth-order valence-electron chi connectivity index (χ4n) is 2.57. The van der Waals surface area contributed by atoms with Crippen molar-refractivity contribution in [1.29, 1.82) is 0 Å². The van der Waals surface area contributed by atoms with Crippen LogP contribution in [-0.2, 0) is 19.4 Å². The van der Waals surface area contributed by atoms with Crippen LogP contribution in [0.2, 0.25) is 0 Å². The number of carbonyl (C=O) groups is 2. The van der Waals surface area contributed by atoms with E-state index in [1.54, 1.807) is 0 Å². The first-order valence-electron chi connectivity index (χ1n) is 6.63. The number of carboxylic acid groups (broad SMARTS) is 1. The number of aliphatic carboxylic acids is 1. The van der Waals surface area contributed by atoms with Gasteiger partial charge in [-0.3, -0.25) is 9.59 Å². The Kier molecular flexibility index (Phi) is 4.13. The quantitative estimate of drug-likeness (QED) is 0.765. The highest BCUT2D eigenvalue weighted by atomic mass is 32.2. The Morgan fingerprint density at radius 3 is 2.16 bits per heavy atom. The van der Waals surface area contributed by atoms with Gasteiger partial charge >= 0.3 is 5.97 Å². The van der Waals surface area contributed by atoms with Crippen LogP contribution in [0.4, 0.5) is 0 Å². The minimum atomic E-state index is -3.43. The third-order valence-corrected chi connectivity index (χ3v) is 5.88. The van der Waals surface area contributed by atoms with Crippen LogP contribution >= 0.6 is 0 Å². The fourth-order valence-corrected chi connectivity index (χ4v) is 4.37. The third-order valence-electron chi connectivity index (χ3n) is 3.75. The van der Waals surface area contributed by atoms with Crippen molar-refractivity contribution in [3.05, 3.63) is 0 Å². The Balaban J connectivity index is 1.99. The van der Waals surface area contributed by atoms with Crippen molar-refractivity contribution < 1.29 is 23.1 Å². The highest BCUT2D eigenvalue weighted by Gasteiger charge is 2.37. The summed E-state index contributed by atoms with van der Waals surface area (Å²) in [6.45, 7) is -0.399. The zero-order valence-electron chi connectivity index (χ0n) is 10.7. The van der Waals surface area contributed by atoms with Gasteiger partial charge in [-0.1, -0.05) is 12.8 Å². The lowest BCUT2D eigenvalue weighted by Crippen LogP contribution is -2.42. The van der Waals surface area contributed by atoms with Gasteiger partial charge in [-0.2, -0.15) is 0 Å². The highest BCUT2D eigenvalue weighted by molar-refractivity contribution is 7.92. The van der Waals surface area contributed by atoms with Crippen LogP contribution in [0.5, 0.6) is 0 Å². The maximum atomic E-state index is 12.1. The Hall–Kier alpha value is -1.11. The summed E-state index contributed by atoms with van der Waals surface area (Å²) in [4.78, 5) is 23.9. The summed E-state index contributed by atoms with van der Waals surface area (Å²) in [5, 5.41) is 8.36. The maximum Gasteiger partial charge on any atom is 0.323 e. The Bertz CT molecular complexity index is 463. The van der Waals surface area contributed by atoms with Crippen molar-refractivity contribution in [2.45, 2.75) is 49.8 Å². The molecular formula is C12H19NO5S. The molecule has 6 nitrogen and oxygen atoms in total. The molecule has 0 atom stereocenters. The first-order chi connectivity index (χ1) is 8.90. The van der Waals surface area contributed by atoms with Crippen molar-refractivity contribution in [2.75, 3.05) is 12.3 Å². The average molecular weight is 289 g/mol. The molecule has 108 valence electrons. The number of hydrogen-bond acceptors (Lipinski definition) is 4. The molecule has 7 heteroatoms. The van der Waals surface area contributed by atoms with Crippen LogP contribution < -0.4 is 0 Å². The molecule has 1 N–H and O–H groups in total. The first kappa shape index (κ1) is 14.3. The van der Waals surface area contributed by atoms with Crippen molar-refractivity contribution in [3.63, 3.8) is 0 Å². The molecule has 2 aliphatic carbocycles. The van der Waals surface area contributed by atoms with Crippen molar-refractivity contribution >= 4 is 21.7 Å². The predicted octanol–water partition coefficient (Wildman–Crippen LogP) is 0.419. The topological polar surface area (TPSA) is 91.8 Å². The van der Waals surface area contributed by atoms with Gasteiger partial charge < -0.3 is 10.0 Å². The van der Waals surface area contributed by atoms with Crippen molar-refractivity contribution in [1.82, 2.24) is 4.90 Å². The van der Waals surface area contributed by atoms with E-state index in [0.717, 1.165) is 25.7 Å². The number of amides is 1. The van der Waals surface area contributed by atoms with Gasteiger partial charge in [0.2, 0.25) is 5.91 Å². The summed E-state index contributed by atoms with van der Waals surface area (Å²) in [6, 6.07) is -0.0811. The monoisotopic (exact) mass is 289 g/mol. The molecule has 0 bridgehead atoms. The maximum absolute atomic E-state index is 12.1. The Morgan fingerprint density at radius 1 is 1.11 bits per heavy atom. The Labute approximate surface area is 112 Å². The number of carbonyl (C=O) groups excluding carboxylic acids is 1. The van der Waals surface area contributed by atoms with E-state index >= 15 is 0 Å². The molecule has 2 fully saturated rings. The lowest BCUT2D eigenvalue weighted by molar-refractivity contribution is -0.143. The minimum absolute atomic E-state index is 0.0811. The van der Waals surface area contributed by atoms with Gasteiger partial charge in [0.15, 0.2) is 9.84 Å². The molecule has 0 spiro atoms. The summed E-state index contributed by atoms with van der Waals surface area (Å²) in [5.74, 6) is -2.20. The van der Waals surface area contributed by atoms with Crippen molar-refractivity contribution in [3.8, 4) is 0 Å². The molecule has 2 aliphatic rings. The molecule has 0 aromatic carbocycles. The summed E-state index contributed by atoms with van der Waals surface area (Å²) < 4.78 is 24.2. The van der Waals surface area contributed by atoms with Gasteiger partial charge in [-0.25, -0.2) is 8.42 Å². The van der Waals surface area contributed by atoms with Gasteiger partial charge in [0.25, 0.3) is 0 Å². The smallest absolute Gasteiger partial charge is 0.323 e. The van der Waals surface area contributed by atoms with E-state index in [9.17, 15) is 18.0 Å². The first-order valence-corrected chi connectivity index (χ1v) is 8.34. The summed E-state index contributed by atoms with van der Waals surface area (Å²) in [6.07, 6.45) is 4.56. The van der Waals surface area contributed by atoms with Gasteiger partial charge in [-0.05, 0) is 25.7 Å². The van der Waals surface area contributed by atoms with Crippen LogP contribution in [0.25, 0.3) is 0 Å². The van der Waals surface area contributed by atoms with Crippen LogP contribution in [-0.4, -0.2) is 53.9 Å². The summed E-state index contributed by atoms with van der Waals surface area (Å²) in [7, 11) is -3.43. The van der Waals surface area contributed by atoms with E-state index in [2.05, 4.69) is 0 Å². The van der Waals surface area contributed by atoms with E-state index in [1.807, 2.05) is 0 Å². The molecule has 2 saturated carbocycles. The van der Waals surface area contributed by atoms with E-state index in [-0.39, 0.29) is 6.04 Å². The number of rotatable bonds is 6. The van der Waals surface area contributed by atoms with Crippen LogP contribution in [0.3, 0.4) is 0 Å². The zero-order valence-corrected chi connectivity index (χ0v) is 11.6. The van der Waals surface area contributed by atoms with Gasteiger partial charge in [0.1, 0.15) is 12.3 Å². The van der Waals surface area contributed by atoms with E-state index in [4.69, 9.17) is 5.11 Å². The largest absolute Gasteiger partial charge is 0.480 e. The van der Waals surface area contributed by atoms with Crippen LogP contribution in [0.15, 0.2) is 0 Å². The highest BCUT2D eigenvalue weighted by Crippen LogP contribution is 2.29. The fraction of sp³-hybridized carbons (Fsp3) is 0.833. The average Bonchev–Trinajstić information content (AvgIpc) is 2.97. The predicted molar refractivity (Wildman–Crippen MR) is 68.4 cm³/mol. The molecule has 0 aromatic rings. The Morgan fingerprint density at radius 2 is 1.68 bits per heavy atom. The molecule has 19 heavy (non-hydrogen) atoms. The third kappa shape index (κ3) is 3.68. The lowest BCUT2D eigenvalue weighted by Gasteiger charge is -2.21.